The standard InChI is InChI=1S/C45H28N4S/c1-2-13-29(14-3-1)30-15-10-16-31(27-30)43-46-44(48-45(47-43)38-23-12-22-37-36-21-6-9-26-41(36)50-42(37)38)32-17-11-18-33(28-32)49-39-24-7-4-19-34(39)35-20-5-8-25-40(35)49/h1-28H. The van der Waals surface area contributed by atoms with Gasteiger partial charge in [-0.25, -0.2) is 15.0 Å². The van der Waals surface area contributed by atoms with Crippen molar-refractivity contribution in [1.29, 1.82) is 0 Å². The van der Waals surface area contributed by atoms with Crippen molar-refractivity contribution < 1.29 is 0 Å². The van der Waals surface area contributed by atoms with Gasteiger partial charge in [0.05, 0.1) is 11.0 Å². The highest BCUT2D eigenvalue weighted by Crippen LogP contribution is 2.40. The van der Waals surface area contributed by atoms with E-state index in [0.29, 0.717) is 17.5 Å². The van der Waals surface area contributed by atoms with Gasteiger partial charge in [-0.2, -0.15) is 0 Å². The lowest BCUT2D eigenvalue weighted by Gasteiger charge is -2.12. The van der Waals surface area contributed by atoms with Crippen molar-refractivity contribution in [3.05, 3.63) is 170 Å². The topological polar surface area (TPSA) is 43.6 Å². The van der Waals surface area contributed by atoms with Crippen molar-refractivity contribution in [1.82, 2.24) is 19.5 Å². The molecule has 3 heterocycles. The molecule has 5 heteroatoms. The molecule has 0 aliphatic carbocycles. The van der Waals surface area contributed by atoms with Crippen LogP contribution in [0.5, 0.6) is 0 Å². The average Bonchev–Trinajstić information content (AvgIpc) is 3.74. The quantitative estimate of drug-likeness (QED) is 0.185. The maximum atomic E-state index is 5.22. The molecule has 0 aliphatic rings. The number of nitrogens with zero attached hydrogens (tertiary/aromatic N) is 4. The second-order valence-corrected chi connectivity index (χ2v) is 13.5. The van der Waals surface area contributed by atoms with E-state index in [1.54, 1.807) is 11.3 Å². The third-order valence-corrected chi connectivity index (χ3v) is 10.7. The number of rotatable bonds is 5. The first-order valence-corrected chi connectivity index (χ1v) is 17.5. The van der Waals surface area contributed by atoms with Crippen LogP contribution in [0.15, 0.2) is 170 Å². The molecule has 0 amide bonds. The summed E-state index contributed by atoms with van der Waals surface area (Å²) in [5, 5.41) is 4.92. The molecule has 7 aromatic carbocycles. The van der Waals surface area contributed by atoms with Crippen LogP contribution in [-0.2, 0) is 0 Å². The number of thiophene rings is 1. The van der Waals surface area contributed by atoms with Crippen molar-refractivity contribution >= 4 is 53.3 Å². The number of benzene rings is 7. The first-order chi connectivity index (χ1) is 24.8. The smallest absolute Gasteiger partial charge is 0.165 e. The predicted octanol–water partition coefficient (Wildman–Crippen LogP) is 12.0. The lowest BCUT2D eigenvalue weighted by molar-refractivity contribution is 1.07. The Morgan fingerprint density at radius 3 is 1.68 bits per heavy atom. The zero-order valence-corrected chi connectivity index (χ0v) is 27.7. The van der Waals surface area contributed by atoms with Crippen LogP contribution in [0.4, 0.5) is 0 Å². The van der Waals surface area contributed by atoms with Crippen LogP contribution in [0, 0.1) is 0 Å². The maximum absolute atomic E-state index is 5.22. The Kier molecular flexibility index (Phi) is 6.64. The van der Waals surface area contributed by atoms with Crippen molar-refractivity contribution in [2.75, 3.05) is 0 Å². The third-order valence-electron chi connectivity index (χ3n) is 9.45. The molecule has 234 valence electrons. The fraction of sp³-hybridized carbons (Fsp3) is 0. The lowest BCUT2D eigenvalue weighted by atomic mass is 10.0. The molecule has 10 aromatic rings. The van der Waals surface area contributed by atoms with E-state index in [4.69, 9.17) is 15.0 Å². The fourth-order valence-electron chi connectivity index (χ4n) is 7.13. The van der Waals surface area contributed by atoms with Gasteiger partial charge in [0.1, 0.15) is 0 Å². The van der Waals surface area contributed by atoms with E-state index in [1.807, 2.05) is 6.07 Å². The van der Waals surface area contributed by atoms with Crippen molar-refractivity contribution in [3.8, 4) is 51.0 Å². The van der Waals surface area contributed by atoms with E-state index in [1.165, 1.54) is 30.9 Å². The van der Waals surface area contributed by atoms with E-state index in [2.05, 4.69) is 168 Å². The number of aromatic nitrogens is 4. The van der Waals surface area contributed by atoms with Crippen LogP contribution in [-0.4, -0.2) is 19.5 Å². The number of hydrogen-bond donors (Lipinski definition) is 0. The van der Waals surface area contributed by atoms with Crippen LogP contribution in [0.3, 0.4) is 0 Å². The first kappa shape index (κ1) is 28.6. The van der Waals surface area contributed by atoms with E-state index >= 15 is 0 Å². The van der Waals surface area contributed by atoms with Gasteiger partial charge in [0.2, 0.25) is 0 Å². The van der Waals surface area contributed by atoms with Gasteiger partial charge in [-0.3, -0.25) is 0 Å². The van der Waals surface area contributed by atoms with Gasteiger partial charge in [-0.05, 0) is 53.6 Å². The van der Waals surface area contributed by atoms with Crippen molar-refractivity contribution in [2.24, 2.45) is 0 Å². The fourth-order valence-corrected chi connectivity index (χ4v) is 8.34. The molecule has 0 unspecified atom stereocenters. The molecule has 0 spiro atoms. The summed E-state index contributed by atoms with van der Waals surface area (Å²) in [5.41, 5.74) is 8.53. The van der Waals surface area contributed by atoms with Crippen LogP contribution in [0.2, 0.25) is 0 Å². The Morgan fingerprint density at radius 2 is 0.920 bits per heavy atom. The zero-order chi connectivity index (χ0) is 33.0. The first-order valence-electron chi connectivity index (χ1n) is 16.7. The lowest BCUT2D eigenvalue weighted by Crippen LogP contribution is -2.01. The SMILES string of the molecule is c1ccc(-c2cccc(-c3nc(-c4cccc(-n5c6ccccc6c6ccccc65)c4)nc(-c4cccc5c4sc4ccccc45)n3)c2)cc1. The number of para-hydroxylation sites is 2. The van der Waals surface area contributed by atoms with Gasteiger partial charge in [-0.1, -0.05) is 127 Å². The van der Waals surface area contributed by atoms with E-state index in [9.17, 15) is 0 Å². The van der Waals surface area contributed by atoms with Gasteiger partial charge in [0, 0.05) is 53.3 Å². The highest BCUT2D eigenvalue weighted by atomic mass is 32.1. The molecular weight excluding hydrogens is 629 g/mol. The van der Waals surface area contributed by atoms with E-state index in [-0.39, 0.29) is 0 Å². The maximum Gasteiger partial charge on any atom is 0.165 e. The number of hydrogen-bond acceptors (Lipinski definition) is 4. The summed E-state index contributed by atoms with van der Waals surface area (Å²) in [4.78, 5) is 15.6. The Labute approximate surface area is 292 Å². The Balaban J connectivity index is 1.19. The summed E-state index contributed by atoms with van der Waals surface area (Å²) in [6.07, 6.45) is 0. The molecule has 0 fully saturated rings. The highest BCUT2D eigenvalue weighted by molar-refractivity contribution is 7.26. The average molecular weight is 657 g/mol. The normalized spacial score (nSPS) is 11.6. The Bertz CT molecular complexity index is 2830. The van der Waals surface area contributed by atoms with Crippen molar-refractivity contribution in [3.63, 3.8) is 0 Å². The van der Waals surface area contributed by atoms with Gasteiger partial charge < -0.3 is 4.57 Å². The van der Waals surface area contributed by atoms with Crippen LogP contribution < -0.4 is 0 Å². The summed E-state index contributed by atoms with van der Waals surface area (Å²) in [6, 6.07) is 59.7. The largest absolute Gasteiger partial charge is 0.309 e. The molecular formula is C45H28N4S. The molecule has 0 aliphatic heterocycles. The zero-order valence-electron chi connectivity index (χ0n) is 26.9. The minimum Gasteiger partial charge on any atom is -0.309 e. The molecule has 4 nitrogen and oxygen atoms in total. The predicted molar refractivity (Wildman–Crippen MR) is 209 cm³/mol. The molecule has 0 bridgehead atoms. The van der Waals surface area contributed by atoms with Crippen LogP contribution in [0.25, 0.3) is 93.0 Å². The van der Waals surface area contributed by atoms with Gasteiger partial charge >= 0.3 is 0 Å². The van der Waals surface area contributed by atoms with E-state index < -0.39 is 0 Å². The van der Waals surface area contributed by atoms with Crippen LogP contribution in [0.1, 0.15) is 0 Å². The Hall–Kier alpha value is -6.43. The number of fused-ring (bicyclic) bond motifs is 6. The minimum absolute atomic E-state index is 0.635. The molecule has 3 aromatic heterocycles. The monoisotopic (exact) mass is 656 g/mol. The molecule has 50 heavy (non-hydrogen) atoms. The summed E-state index contributed by atoms with van der Waals surface area (Å²) in [7, 11) is 0. The minimum atomic E-state index is 0.635. The molecule has 10 rings (SSSR count). The van der Waals surface area contributed by atoms with Gasteiger partial charge in [0.15, 0.2) is 17.5 Å². The van der Waals surface area contributed by atoms with Gasteiger partial charge in [0.25, 0.3) is 0 Å². The molecule has 0 N–H and O–H groups in total. The molecule has 0 atom stereocenters. The summed E-state index contributed by atoms with van der Waals surface area (Å²) in [6.45, 7) is 0. The molecule has 0 radical (unpaired) electrons. The summed E-state index contributed by atoms with van der Waals surface area (Å²) in [5.74, 6) is 1.94. The Morgan fingerprint density at radius 1 is 0.380 bits per heavy atom. The second kappa shape index (κ2) is 11.6. The second-order valence-electron chi connectivity index (χ2n) is 12.5. The van der Waals surface area contributed by atoms with Gasteiger partial charge in [-0.15, -0.1) is 11.3 Å². The highest BCUT2D eigenvalue weighted by Gasteiger charge is 2.18. The molecule has 0 saturated heterocycles. The summed E-state index contributed by atoms with van der Waals surface area (Å²) >= 11 is 1.79. The van der Waals surface area contributed by atoms with E-state index in [0.717, 1.165) is 44.5 Å². The summed E-state index contributed by atoms with van der Waals surface area (Å²) < 4.78 is 4.76. The van der Waals surface area contributed by atoms with Crippen molar-refractivity contribution in [2.45, 2.75) is 0 Å². The molecule has 0 saturated carbocycles. The van der Waals surface area contributed by atoms with Crippen LogP contribution >= 0.6 is 11.3 Å². The third kappa shape index (κ3) is 4.71.